The number of terminal acetylenes is 1. The quantitative estimate of drug-likeness (QED) is 0.533. The standard InChI is InChI=1S/C15H24N2O3/c1-3-8-12(2)17-14(20)16-11-15(13(18)19)9-6-4-5-7-10-15/h1,12H,4-11H2,2H3,(H,18,19)(H2,16,17,20). The van der Waals surface area contributed by atoms with Gasteiger partial charge in [-0.15, -0.1) is 12.3 Å². The maximum Gasteiger partial charge on any atom is 0.315 e. The van der Waals surface area contributed by atoms with Crippen LogP contribution in [0.4, 0.5) is 4.79 Å². The number of carbonyl (C=O) groups is 2. The summed E-state index contributed by atoms with van der Waals surface area (Å²) in [6.07, 6.45) is 10.8. The van der Waals surface area contributed by atoms with Crippen LogP contribution in [0.25, 0.3) is 0 Å². The second-order valence-corrected chi connectivity index (χ2v) is 5.64. The Kier molecular flexibility index (Phi) is 6.37. The van der Waals surface area contributed by atoms with Gasteiger partial charge in [0.2, 0.25) is 0 Å². The van der Waals surface area contributed by atoms with Crippen molar-refractivity contribution in [3.05, 3.63) is 0 Å². The van der Waals surface area contributed by atoms with Crippen LogP contribution in [-0.2, 0) is 4.79 Å². The average Bonchev–Trinajstić information content (AvgIpc) is 2.63. The maximum atomic E-state index is 11.7. The summed E-state index contributed by atoms with van der Waals surface area (Å²) in [5.74, 6) is 1.67. The fourth-order valence-electron chi connectivity index (χ4n) is 2.62. The molecule has 0 radical (unpaired) electrons. The fourth-order valence-corrected chi connectivity index (χ4v) is 2.62. The number of carboxylic acids is 1. The van der Waals surface area contributed by atoms with Crippen molar-refractivity contribution in [2.45, 2.75) is 57.9 Å². The molecule has 0 saturated heterocycles. The molecule has 5 nitrogen and oxygen atoms in total. The van der Waals surface area contributed by atoms with Crippen molar-refractivity contribution in [3.63, 3.8) is 0 Å². The molecule has 0 bridgehead atoms. The van der Waals surface area contributed by atoms with Crippen molar-refractivity contribution in [2.24, 2.45) is 5.41 Å². The van der Waals surface area contributed by atoms with Crippen LogP contribution >= 0.6 is 0 Å². The first kappa shape index (κ1) is 16.4. The van der Waals surface area contributed by atoms with Crippen molar-refractivity contribution in [1.82, 2.24) is 10.6 Å². The zero-order valence-corrected chi connectivity index (χ0v) is 12.1. The Morgan fingerprint density at radius 3 is 2.40 bits per heavy atom. The highest BCUT2D eigenvalue weighted by Gasteiger charge is 2.38. The van der Waals surface area contributed by atoms with E-state index in [1.54, 1.807) is 0 Å². The Balaban J connectivity index is 2.52. The summed E-state index contributed by atoms with van der Waals surface area (Å²) in [5, 5.41) is 14.9. The molecule has 0 aromatic heterocycles. The van der Waals surface area contributed by atoms with E-state index in [1.807, 2.05) is 6.92 Å². The third-order valence-corrected chi connectivity index (χ3v) is 3.90. The first-order valence-electron chi connectivity index (χ1n) is 7.21. The fraction of sp³-hybridized carbons (Fsp3) is 0.733. The second-order valence-electron chi connectivity index (χ2n) is 5.64. The Hall–Kier alpha value is -1.70. The molecule has 112 valence electrons. The highest BCUT2D eigenvalue weighted by Crippen LogP contribution is 2.34. The normalized spacial score (nSPS) is 19.2. The first-order chi connectivity index (χ1) is 9.50. The van der Waals surface area contributed by atoms with Crippen molar-refractivity contribution < 1.29 is 14.7 Å². The molecular formula is C15H24N2O3. The lowest BCUT2D eigenvalue weighted by atomic mass is 9.80. The molecule has 20 heavy (non-hydrogen) atoms. The van der Waals surface area contributed by atoms with Gasteiger partial charge in [-0.2, -0.15) is 0 Å². The number of amides is 2. The highest BCUT2D eigenvalue weighted by atomic mass is 16.4. The number of urea groups is 1. The molecule has 1 aliphatic carbocycles. The van der Waals surface area contributed by atoms with E-state index >= 15 is 0 Å². The summed E-state index contributed by atoms with van der Waals surface area (Å²) in [7, 11) is 0. The SMILES string of the molecule is C#CCC(C)NC(=O)NCC1(C(=O)O)CCCCCC1. The van der Waals surface area contributed by atoms with E-state index in [-0.39, 0.29) is 18.6 Å². The Morgan fingerprint density at radius 2 is 1.90 bits per heavy atom. The van der Waals surface area contributed by atoms with Crippen LogP contribution in [0, 0.1) is 17.8 Å². The predicted molar refractivity (Wildman–Crippen MR) is 77.2 cm³/mol. The molecule has 5 heteroatoms. The lowest BCUT2D eigenvalue weighted by Crippen LogP contribution is -2.48. The summed E-state index contributed by atoms with van der Waals surface area (Å²) in [6.45, 7) is 2.00. The monoisotopic (exact) mass is 280 g/mol. The van der Waals surface area contributed by atoms with Gasteiger partial charge in [0.15, 0.2) is 0 Å². The summed E-state index contributed by atoms with van der Waals surface area (Å²) in [5.41, 5.74) is -0.816. The minimum absolute atomic E-state index is 0.116. The summed E-state index contributed by atoms with van der Waals surface area (Å²) in [6, 6.07) is -0.465. The van der Waals surface area contributed by atoms with Crippen LogP contribution in [0.3, 0.4) is 0 Å². The molecule has 3 N–H and O–H groups in total. The van der Waals surface area contributed by atoms with Gasteiger partial charge in [-0.1, -0.05) is 25.7 Å². The number of hydrogen-bond acceptors (Lipinski definition) is 2. The van der Waals surface area contributed by atoms with E-state index in [9.17, 15) is 14.7 Å². The molecule has 0 heterocycles. The van der Waals surface area contributed by atoms with Gasteiger partial charge in [-0.25, -0.2) is 4.79 Å². The smallest absolute Gasteiger partial charge is 0.315 e. The van der Waals surface area contributed by atoms with Gasteiger partial charge in [0.25, 0.3) is 0 Å². The molecule has 0 aromatic carbocycles. The predicted octanol–water partition coefficient (Wildman–Crippen LogP) is 2.12. The highest BCUT2D eigenvalue weighted by molar-refractivity contribution is 5.78. The van der Waals surface area contributed by atoms with Crippen LogP contribution < -0.4 is 10.6 Å². The van der Waals surface area contributed by atoms with E-state index < -0.39 is 11.4 Å². The Morgan fingerprint density at radius 1 is 1.30 bits per heavy atom. The lowest BCUT2D eigenvalue weighted by molar-refractivity contribution is -0.149. The van der Waals surface area contributed by atoms with E-state index in [0.717, 1.165) is 25.7 Å². The van der Waals surface area contributed by atoms with Gasteiger partial charge in [-0.05, 0) is 19.8 Å². The van der Waals surface area contributed by atoms with Crippen molar-refractivity contribution in [1.29, 1.82) is 0 Å². The van der Waals surface area contributed by atoms with Crippen molar-refractivity contribution in [3.8, 4) is 12.3 Å². The van der Waals surface area contributed by atoms with Gasteiger partial charge in [-0.3, -0.25) is 4.79 Å². The van der Waals surface area contributed by atoms with Crippen LogP contribution in [-0.4, -0.2) is 29.7 Å². The molecule has 0 aliphatic heterocycles. The zero-order chi connectivity index (χ0) is 15.0. The van der Waals surface area contributed by atoms with Crippen LogP contribution in [0.2, 0.25) is 0 Å². The summed E-state index contributed by atoms with van der Waals surface area (Å²) in [4.78, 5) is 23.3. The minimum Gasteiger partial charge on any atom is -0.481 e. The Labute approximate surface area is 120 Å². The number of carboxylic acid groups (broad SMARTS) is 1. The number of nitrogens with one attached hydrogen (secondary N) is 2. The molecule has 2 amide bonds. The third-order valence-electron chi connectivity index (χ3n) is 3.90. The van der Waals surface area contributed by atoms with E-state index in [0.29, 0.717) is 19.3 Å². The van der Waals surface area contributed by atoms with Gasteiger partial charge in [0, 0.05) is 19.0 Å². The lowest BCUT2D eigenvalue weighted by Gasteiger charge is -2.28. The zero-order valence-electron chi connectivity index (χ0n) is 12.1. The first-order valence-corrected chi connectivity index (χ1v) is 7.21. The topological polar surface area (TPSA) is 78.4 Å². The largest absolute Gasteiger partial charge is 0.481 e. The molecule has 0 aromatic rings. The van der Waals surface area contributed by atoms with Crippen LogP contribution in [0.5, 0.6) is 0 Å². The van der Waals surface area contributed by atoms with E-state index in [4.69, 9.17) is 6.42 Å². The number of rotatable bonds is 5. The number of carbonyl (C=O) groups excluding carboxylic acids is 1. The van der Waals surface area contributed by atoms with Gasteiger partial charge < -0.3 is 15.7 Å². The van der Waals surface area contributed by atoms with Crippen molar-refractivity contribution in [2.75, 3.05) is 6.54 Å². The molecular weight excluding hydrogens is 256 g/mol. The minimum atomic E-state index is -0.816. The molecule has 1 aliphatic rings. The third kappa shape index (κ3) is 4.76. The van der Waals surface area contributed by atoms with Crippen molar-refractivity contribution >= 4 is 12.0 Å². The van der Waals surface area contributed by atoms with Crippen LogP contribution in [0.1, 0.15) is 51.9 Å². The number of aliphatic carboxylic acids is 1. The van der Waals surface area contributed by atoms with Gasteiger partial charge in [0.05, 0.1) is 5.41 Å². The molecule has 1 fully saturated rings. The Bertz CT molecular complexity index is 379. The molecule has 0 spiro atoms. The van der Waals surface area contributed by atoms with Crippen LogP contribution in [0.15, 0.2) is 0 Å². The molecule has 1 atom stereocenters. The average molecular weight is 280 g/mol. The molecule has 1 saturated carbocycles. The summed E-state index contributed by atoms with van der Waals surface area (Å²) >= 11 is 0. The second kappa shape index (κ2) is 7.78. The maximum absolute atomic E-state index is 11.7. The number of hydrogen-bond donors (Lipinski definition) is 3. The van der Waals surface area contributed by atoms with Gasteiger partial charge in [0.1, 0.15) is 0 Å². The van der Waals surface area contributed by atoms with E-state index in [1.165, 1.54) is 0 Å². The van der Waals surface area contributed by atoms with Gasteiger partial charge >= 0.3 is 12.0 Å². The summed E-state index contributed by atoms with van der Waals surface area (Å²) < 4.78 is 0. The molecule has 1 rings (SSSR count). The molecule has 1 unspecified atom stereocenters. The van der Waals surface area contributed by atoms with E-state index in [2.05, 4.69) is 16.6 Å².